The Balaban J connectivity index is 1.48. The molecule has 5 rings (SSSR count). The number of aromatic nitrogens is 5. The number of amides is 1. The second-order valence-corrected chi connectivity index (χ2v) is 8.67. The minimum atomic E-state index is -0.321. The SMILES string of the molecule is Cc1ccc(Oc2cc(NC(=O)c3ccc(NC[C@@H](C)N)c4nccnc34)cn3cc(C)nc23)cn1. The third kappa shape index (κ3) is 4.80. The maximum atomic E-state index is 13.4. The zero-order valence-electron chi connectivity index (χ0n) is 20.2. The van der Waals surface area contributed by atoms with Crippen LogP contribution in [0.15, 0.2) is 61.3 Å². The number of carbonyl (C=O) groups excluding carboxylic acids is 1. The lowest BCUT2D eigenvalue weighted by Crippen LogP contribution is -2.25. The summed E-state index contributed by atoms with van der Waals surface area (Å²) in [7, 11) is 0. The monoisotopic (exact) mass is 482 g/mol. The summed E-state index contributed by atoms with van der Waals surface area (Å²) < 4.78 is 7.90. The highest BCUT2D eigenvalue weighted by molar-refractivity contribution is 6.13. The van der Waals surface area contributed by atoms with Crippen LogP contribution in [0.3, 0.4) is 0 Å². The van der Waals surface area contributed by atoms with Gasteiger partial charge in [-0.2, -0.15) is 0 Å². The first kappa shape index (κ1) is 23.2. The maximum absolute atomic E-state index is 13.4. The second kappa shape index (κ2) is 9.59. The predicted molar refractivity (Wildman–Crippen MR) is 139 cm³/mol. The van der Waals surface area contributed by atoms with Crippen molar-refractivity contribution in [1.29, 1.82) is 0 Å². The molecule has 4 heterocycles. The fourth-order valence-electron chi connectivity index (χ4n) is 3.83. The molecule has 4 aromatic heterocycles. The lowest BCUT2D eigenvalue weighted by atomic mass is 10.1. The highest BCUT2D eigenvalue weighted by Gasteiger charge is 2.17. The average Bonchev–Trinajstić information content (AvgIpc) is 3.24. The van der Waals surface area contributed by atoms with Gasteiger partial charge in [-0.1, -0.05) is 0 Å². The molecule has 0 saturated carbocycles. The fraction of sp³-hybridized carbons (Fsp3) is 0.192. The summed E-state index contributed by atoms with van der Waals surface area (Å²) in [5, 5.41) is 6.23. The molecule has 36 heavy (non-hydrogen) atoms. The molecule has 0 aliphatic carbocycles. The van der Waals surface area contributed by atoms with Crippen LogP contribution in [-0.4, -0.2) is 42.8 Å². The van der Waals surface area contributed by atoms with Crippen LogP contribution in [0.25, 0.3) is 16.7 Å². The number of nitrogens with zero attached hydrogens (tertiary/aromatic N) is 5. The van der Waals surface area contributed by atoms with Gasteiger partial charge in [-0.3, -0.25) is 19.7 Å². The topological polar surface area (TPSA) is 132 Å². The van der Waals surface area contributed by atoms with E-state index in [4.69, 9.17) is 10.5 Å². The van der Waals surface area contributed by atoms with Crippen molar-refractivity contribution in [3.05, 3.63) is 78.3 Å². The van der Waals surface area contributed by atoms with Crippen LogP contribution in [0.5, 0.6) is 11.5 Å². The number of aryl methyl sites for hydroxylation is 2. The molecule has 182 valence electrons. The van der Waals surface area contributed by atoms with Gasteiger partial charge in [-0.15, -0.1) is 0 Å². The van der Waals surface area contributed by atoms with E-state index in [2.05, 4.69) is 30.6 Å². The zero-order chi connectivity index (χ0) is 25.2. The Morgan fingerprint density at radius 2 is 1.86 bits per heavy atom. The summed E-state index contributed by atoms with van der Waals surface area (Å²) in [6.07, 6.45) is 8.47. The van der Waals surface area contributed by atoms with Crippen LogP contribution in [0.1, 0.15) is 28.7 Å². The summed E-state index contributed by atoms with van der Waals surface area (Å²) in [6, 6.07) is 8.96. The molecule has 5 aromatic rings. The van der Waals surface area contributed by atoms with Crippen LogP contribution >= 0.6 is 0 Å². The van der Waals surface area contributed by atoms with Crippen LogP contribution in [0.4, 0.5) is 11.4 Å². The van der Waals surface area contributed by atoms with Crippen LogP contribution in [0.2, 0.25) is 0 Å². The Labute approximate surface area is 207 Å². The van der Waals surface area contributed by atoms with E-state index in [0.29, 0.717) is 46.0 Å². The predicted octanol–water partition coefficient (Wildman–Crippen LogP) is 4.09. The highest BCUT2D eigenvalue weighted by atomic mass is 16.5. The van der Waals surface area contributed by atoms with Crippen LogP contribution in [0, 0.1) is 13.8 Å². The van der Waals surface area contributed by atoms with E-state index in [1.54, 1.807) is 36.9 Å². The molecular formula is C26H26N8O2. The molecule has 0 fully saturated rings. The van der Waals surface area contributed by atoms with E-state index >= 15 is 0 Å². The van der Waals surface area contributed by atoms with Gasteiger partial charge in [0.25, 0.3) is 5.91 Å². The number of nitrogens with one attached hydrogen (secondary N) is 2. The fourth-order valence-corrected chi connectivity index (χ4v) is 3.83. The molecule has 0 aliphatic rings. The van der Waals surface area contributed by atoms with Crippen LogP contribution in [-0.2, 0) is 0 Å². The Morgan fingerprint density at radius 3 is 2.61 bits per heavy atom. The van der Waals surface area contributed by atoms with Gasteiger partial charge in [0, 0.05) is 49.1 Å². The largest absolute Gasteiger partial charge is 0.452 e. The van der Waals surface area contributed by atoms with Crippen LogP contribution < -0.4 is 21.1 Å². The summed E-state index contributed by atoms with van der Waals surface area (Å²) in [5.74, 6) is 0.743. The van der Waals surface area contributed by atoms with E-state index in [1.807, 2.05) is 49.6 Å². The molecule has 1 aromatic carbocycles. The second-order valence-electron chi connectivity index (χ2n) is 8.67. The van der Waals surface area contributed by atoms with E-state index in [1.165, 1.54) is 0 Å². The third-order valence-electron chi connectivity index (χ3n) is 5.49. The summed E-state index contributed by atoms with van der Waals surface area (Å²) in [6.45, 7) is 6.29. The van der Waals surface area contributed by atoms with Gasteiger partial charge in [0.05, 0.1) is 28.8 Å². The maximum Gasteiger partial charge on any atom is 0.257 e. The van der Waals surface area contributed by atoms with Gasteiger partial charge in [-0.05, 0) is 45.0 Å². The first-order chi connectivity index (χ1) is 17.4. The number of rotatable bonds is 7. The lowest BCUT2D eigenvalue weighted by molar-refractivity contribution is 0.102. The number of benzene rings is 1. The van der Waals surface area contributed by atoms with Gasteiger partial charge in [0.1, 0.15) is 16.8 Å². The number of anilines is 2. The minimum absolute atomic E-state index is 0.0338. The first-order valence-corrected chi connectivity index (χ1v) is 11.5. The molecule has 0 bridgehead atoms. The molecular weight excluding hydrogens is 456 g/mol. The van der Waals surface area contributed by atoms with Gasteiger partial charge >= 0.3 is 0 Å². The van der Waals surface area contributed by atoms with E-state index < -0.39 is 0 Å². The number of pyridine rings is 2. The Hall–Kier alpha value is -4.57. The van der Waals surface area contributed by atoms with Crippen molar-refractivity contribution in [1.82, 2.24) is 24.3 Å². The minimum Gasteiger partial charge on any atom is -0.452 e. The Kier molecular flexibility index (Phi) is 6.17. The zero-order valence-corrected chi connectivity index (χ0v) is 20.2. The Morgan fingerprint density at radius 1 is 1.06 bits per heavy atom. The van der Waals surface area contributed by atoms with Gasteiger partial charge < -0.3 is 25.5 Å². The lowest BCUT2D eigenvalue weighted by Gasteiger charge is -2.14. The average molecular weight is 483 g/mol. The van der Waals surface area contributed by atoms with Crippen molar-refractivity contribution in [3.8, 4) is 11.5 Å². The van der Waals surface area contributed by atoms with Crippen molar-refractivity contribution in [3.63, 3.8) is 0 Å². The molecule has 0 unspecified atom stereocenters. The normalized spacial score (nSPS) is 12.0. The van der Waals surface area contributed by atoms with E-state index in [0.717, 1.165) is 17.1 Å². The quantitative estimate of drug-likeness (QED) is 0.316. The summed E-state index contributed by atoms with van der Waals surface area (Å²) in [4.78, 5) is 31.1. The molecule has 0 radical (unpaired) electrons. The summed E-state index contributed by atoms with van der Waals surface area (Å²) in [5.41, 5.74) is 11.0. The number of hydrogen-bond acceptors (Lipinski definition) is 8. The molecule has 1 amide bonds. The molecule has 0 saturated heterocycles. The third-order valence-corrected chi connectivity index (χ3v) is 5.49. The van der Waals surface area contributed by atoms with Crippen molar-refractivity contribution < 1.29 is 9.53 Å². The van der Waals surface area contributed by atoms with Crippen molar-refractivity contribution in [2.45, 2.75) is 26.8 Å². The van der Waals surface area contributed by atoms with Crippen molar-refractivity contribution >= 4 is 34.0 Å². The van der Waals surface area contributed by atoms with Gasteiger partial charge in [0.15, 0.2) is 11.4 Å². The van der Waals surface area contributed by atoms with Gasteiger partial charge in [-0.25, -0.2) is 4.98 Å². The number of fused-ring (bicyclic) bond motifs is 2. The summed E-state index contributed by atoms with van der Waals surface area (Å²) >= 11 is 0. The Bertz CT molecular complexity index is 1560. The molecule has 0 aliphatic heterocycles. The van der Waals surface area contributed by atoms with Gasteiger partial charge in [0.2, 0.25) is 0 Å². The van der Waals surface area contributed by atoms with E-state index in [-0.39, 0.29) is 11.9 Å². The van der Waals surface area contributed by atoms with Crippen molar-refractivity contribution in [2.24, 2.45) is 5.73 Å². The number of carbonyl (C=O) groups is 1. The number of hydrogen-bond donors (Lipinski definition) is 3. The first-order valence-electron chi connectivity index (χ1n) is 11.5. The number of imidazole rings is 1. The van der Waals surface area contributed by atoms with Crippen molar-refractivity contribution in [2.75, 3.05) is 17.2 Å². The highest BCUT2D eigenvalue weighted by Crippen LogP contribution is 2.30. The standard InChI is InChI=1S/C26H26N8O2/c1-15(27)11-31-21-7-6-20(23-24(21)29-9-8-28-23)26(35)33-18-10-22(25-32-17(3)13-34(25)14-18)36-19-5-4-16(2)30-12-19/h4-10,12-15,31H,11,27H2,1-3H3,(H,33,35)/t15-/m1/s1. The molecule has 1 atom stereocenters. The molecule has 10 nitrogen and oxygen atoms in total. The molecule has 10 heteroatoms. The smallest absolute Gasteiger partial charge is 0.257 e. The molecule has 4 N–H and O–H groups in total. The molecule has 0 spiro atoms. The number of nitrogens with two attached hydrogens (primary N) is 1. The van der Waals surface area contributed by atoms with E-state index in [9.17, 15) is 4.79 Å². The number of ether oxygens (including phenoxy) is 1.